The molecule has 0 saturated carbocycles. The van der Waals surface area contributed by atoms with Crippen LogP contribution in [0.25, 0.3) is 11.0 Å². The number of hydrogen-bond donors (Lipinski definition) is 3. The van der Waals surface area contributed by atoms with Crippen LogP contribution in [0.1, 0.15) is 0 Å². The Morgan fingerprint density at radius 1 is 1.59 bits per heavy atom. The highest BCUT2D eigenvalue weighted by molar-refractivity contribution is 5.89. The van der Waals surface area contributed by atoms with E-state index >= 15 is 0 Å². The van der Waals surface area contributed by atoms with Gasteiger partial charge >= 0.3 is 0 Å². The van der Waals surface area contributed by atoms with Crippen LogP contribution in [-0.2, 0) is 4.79 Å². The minimum atomic E-state index is -0.422. The number of fused-ring (bicyclic) bond motifs is 1. The van der Waals surface area contributed by atoms with Crippen molar-refractivity contribution in [1.82, 2.24) is 20.2 Å². The molecule has 0 fully saturated rings. The van der Waals surface area contributed by atoms with Gasteiger partial charge in [-0.25, -0.2) is 0 Å². The molecule has 1 amide bonds. The van der Waals surface area contributed by atoms with Crippen molar-refractivity contribution < 1.29 is 4.79 Å². The first-order valence-corrected chi connectivity index (χ1v) is 5.00. The zero-order chi connectivity index (χ0) is 12.4. The van der Waals surface area contributed by atoms with Gasteiger partial charge in [0.05, 0.1) is 18.1 Å². The van der Waals surface area contributed by atoms with Crippen LogP contribution in [0.3, 0.4) is 0 Å². The van der Waals surface area contributed by atoms with E-state index in [-0.39, 0.29) is 6.54 Å². The number of H-pyrrole nitrogens is 1. The summed E-state index contributed by atoms with van der Waals surface area (Å²) in [5.41, 5.74) is 5.76. The van der Waals surface area contributed by atoms with E-state index in [1.807, 2.05) is 0 Å². The second-order valence-electron chi connectivity index (χ2n) is 3.58. The number of nitrogens with two attached hydrogens (primary N) is 1. The summed E-state index contributed by atoms with van der Waals surface area (Å²) >= 11 is 0. The third kappa shape index (κ3) is 2.10. The summed E-state index contributed by atoms with van der Waals surface area (Å²) < 4.78 is 0. The molecule has 0 aromatic carbocycles. The van der Waals surface area contributed by atoms with Crippen LogP contribution in [0.2, 0.25) is 0 Å². The van der Waals surface area contributed by atoms with Crippen molar-refractivity contribution in [2.75, 3.05) is 30.9 Å². The zero-order valence-electron chi connectivity index (χ0n) is 9.56. The molecule has 90 valence electrons. The molecule has 0 spiro atoms. The number of aromatic nitrogens is 4. The fourth-order valence-electron chi connectivity index (χ4n) is 1.53. The quantitative estimate of drug-likeness (QED) is 0.647. The minimum Gasteiger partial charge on any atom is -0.368 e. The highest BCUT2D eigenvalue weighted by Crippen LogP contribution is 2.22. The number of anilines is 2. The van der Waals surface area contributed by atoms with E-state index in [9.17, 15) is 4.79 Å². The van der Waals surface area contributed by atoms with Crippen LogP contribution in [0.4, 0.5) is 11.8 Å². The van der Waals surface area contributed by atoms with Gasteiger partial charge in [-0.2, -0.15) is 15.1 Å². The second-order valence-corrected chi connectivity index (χ2v) is 3.58. The average Bonchev–Trinajstić information content (AvgIpc) is 2.74. The van der Waals surface area contributed by atoms with Gasteiger partial charge in [-0.05, 0) is 0 Å². The molecular weight excluding hydrogens is 222 g/mol. The van der Waals surface area contributed by atoms with E-state index in [4.69, 9.17) is 5.73 Å². The number of nitrogens with zero attached hydrogens (tertiary/aromatic N) is 4. The molecule has 2 aromatic rings. The maximum absolute atomic E-state index is 10.9. The van der Waals surface area contributed by atoms with Gasteiger partial charge in [0.25, 0.3) is 0 Å². The number of nitrogens with one attached hydrogen (secondary N) is 2. The smallest absolute Gasteiger partial charge is 0.236 e. The van der Waals surface area contributed by atoms with E-state index in [1.54, 1.807) is 25.2 Å². The van der Waals surface area contributed by atoms with E-state index in [2.05, 4.69) is 25.5 Å². The SMILES string of the molecule is CNc1nc(N(C)CC(N)=O)c2cn[nH]c2n1. The van der Waals surface area contributed by atoms with Gasteiger partial charge in [-0.3, -0.25) is 9.89 Å². The molecule has 8 nitrogen and oxygen atoms in total. The van der Waals surface area contributed by atoms with Gasteiger partial charge in [0.1, 0.15) is 5.82 Å². The molecule has 8 heteroatoms. The van der Waals surface area contributed by atoms with Crippen molar-refractivity contribution in [2.24, 2.45) is 5.73 Å². The molecule has 0 saturated heterocycles. The van der Waals surface area contributed by atoms with Gasteiger partial charge in [-0.15, -0.1) is 0 Å². The van der Waals surface area contributed by atoms with E-state index in [1.165, 1.54) is 0 Å². The molecule has 0 aliphatic heterocycles. The maximum atomic E-state index is 10.9. The predicted octanol–water partition coefficient (Wildman–Crippen LogP) is -0.684. The molecule has 0 bridgehead atoms. The van der Waals surface area contributed by atoms with Gasteiger partial charge in [0, 0.05) is 14.1 Å². The summed E-state index contributed by atoms with van der Waals surface area (Å²) in [5.74, 6) is 0.633. The number of primary amides is 1. The Hall–Kier alpha value is -2.38. The lowest BCUT2D eigenvalue weighted by Crippen LogP contribution is -2.31. The molecule has 0 aliphatic rings. The third-order valence-corrected chi connectivity index (χ3v) is 2.27. The molecule has 0 radical (unpaired) electrons. The fraction of sp³-hybridized carbons (Fsp3) is 0.333. The molecule has 0 atom stereocenters. The zero-order valence-corrected chi connectivity index (χ0v) is 9.56. The molecule has 0 unspecified atom stereocenters. The molecule has 4 N–H and O–H groups in total. The van der Waals surface area contributed by atoms with Gasteiger partial charge < -0.3 is 16.0 Å². The van der Waals surface area contributed by atoms with E-state index < -0.39 is 5.91 Å². The fourth-order valence-corrected chi connectivity index (χ4v) is 1.53. The molecule has 0 aliphatic carbocycles. The van der Waals surface area contributed by atoms with E-state index in [0.29, 0.717) is 17.4 Å². The number of carbonyl (C=O) groups is 1. The average molecular weight is 235 g/mol. The number of aromatic amines is 1. The molecule has 2 rings (SSSR count). The lowest BCUT2D eigenvalue weighted by atomic mass is 10.3. The maximum Gasteiger partial charge on any atom is 0.236 e. The number of likely N-dealkylation sites (N-methyl/N-ethyl adjacent to an activating group) is 1. The van der Waals surface area contributed by atoms with Crippen molar-refractivity contribution in [3.8, 4) is 0 Å². The molecular formula is C9H13N7O. The van der Waals surface area contributed by atoms with Crippen molar-refractivity contribution >= 4 is 28.7 Å². The summed E-state index contributed by atoms with van der Waals surface area (Å²) in [6, 6.07) is 0. The Morgan fingerprint density at radius 2 is 2.35 bits per heavy atom. The normalized spacial score (nSPS) is 10.5. The number of amides is 1. The lowest BCUT2D eigenvalue weighted by Gasteiger charge is -2.17. The van der Waals surface area contributed by atoms with Crippen LogP contribution < -0.4 is 16.0 Å². The van der Waals surface area contributed by atoms with E-state index in [0.717, 1.165) is 5.39 Å². The largest absolute Gasteiger partial charge is 0.368 e. The van der Waals surface area contributed by atoms with Crippen molar-refractivity contribution in [3.05, 3.63) is 6.20 Å². The lowest BCUT2D eigenvalue weighted by molar-refractivity contribution is -0.116. The van der Waals surface area contributed by atoms with Gasteiger partial charge in [0.15, 0.2) is 5.65 Å². The highest BCUT2D eigenvalue weighted by Gasteiger charge is 2.13. The summed E-state index contributed by atoms with van der Waals surface area (Å²) in [6.07, 6.45) is 1.61. The summed E-state index contributed by atoms with van der Waals surface area (Å²) in [5, 5.41) is 10.2. The Labute approximate surface area is 97.2 Å². The Kier molecular flexibility index (Phi) is 2.77. The molecule has 2 heterocycles. The van der Waals surface area contributed by atoms with Gasteiger partial charge in [0.2, 0.25) is 11.9 Å². The van der Waals surface area contributed by atoms with Crippen LogP contribution in [0.15, 0.2) is 6.20 Å². The van der Waals surface area contributed by atoms with Crippen LogP contribution >= 0.6 is 0 Å². The summed E-state index contributed by atoms with van der Waals surface area (Å²) in [4.78, 5) is 21.0. The van der Waals surface area contributed by atoms with Crippen molar-refractivity contribution in [2.45, 2.75) is 0 Å². The van der Waals surface area contributed by atoms with Crippen LogP contribution in [0.5, 0.6) is 0 Å². The summed E-state index contributed by atoms with van der Waals surface area (Å²) in [7, 11) is 3.45. The first-order valence-electron chi connectivity index (χ1n) is 5.00. The Balaban J connectivity index is 2.49. The first-order chi connectivity index (χ1) is 8.11. The standard InChI is InChI=1S/C9H13N7O/c1-11-9-13-7-5(3-12-15-7)8(14-9)16(2)4-6(10)17/h3H,4H2,1-2H3,(H2,10,17)(H2,11,12,13,14,15). The van der Waals surface area contributed by atoms with Crippen molar-refractivity contribution in [1.29, 1.82) is 0 Å². The summed E-state index contributed by atoms with van der Waals surface area (Å²) in [6.45, 7) is 0.0838. The molecule has 17 heavy (non-hydrogen) atoms. The van der Waals surface area contributed by atoms with Crippen molar-refractivity contribution in [3.63, 3.8) is 0 Å². The third-order valence-electron chi connectivity index (χ3n) is 2.27. The van der Waals surface area contributed by atoms with Gasteiger partial charge in [-0.1, -0.05) is 0 Å². The molecule has 2 aromatic heterocycles. The highest BCUT2D eigenvalue weighted by atomic mass is 16.1. The monoisotopic (exact) mass is 235 g/mol. The second kappa shape index (κ2) is 4.24. The number of rotatable bonds is 4. The first kappa shape index (κ1) is 11.1. The number of hydrogen-bond acceptors (Lipinski definition) is 6. The topological polar surface area (TPSA) is 113 Å². The van der Waals surface area contributed by atoms with Crippen LogP contribution in [0, 0.1) is 0 Å². The van der Waals surface area contributed by atoms with Crippen LogP contribution in [-0.4, -0.2) is 46.7 Å². The minimum absolute atomic E-state index is 0.0838. The predicted molar refractivity (Wildman–Crippen MR) is 63.7 cm³/mol. The Morgan fingerprint density at radius 3 is 3.00 bits per heavy atom. The number of carbonyl (C=O) groups excluding carboxylic acids is 1. The Bertz CT molecular complexity index is 549.